The third-order valence-electron chi connectivity index (χ3n) is 2.01. The average Bonchev–Trinajstić information content (AvgIpc) is 2.48. The molecule has 0 aliphatic carbocycles. The number of aromatic nitrogens is 2. The molecule has 0 amide bonds. The maximum Gasteiger partial charge on any atom is 0.123 e. The maximum atomic E-state index is 4.08. The van der Waals surface area contributed by atoms with Crippen LogP contribution in [0, 0.1) is 5.92 Å². The molecule has 0 bridgehead atoms. The van der Waals surface area contributed by atoms with Gasteiger partial charge in [-0.1, -0.05) is 6.92 Å². The molecule has 0 spiro atoms. The second-order valence-electron chi connectivity index (χ2n) is 3.38. The number of anilines is 1. The smallest absolute Gasteiger partial charge is 0.123 e. The van der Waals surface area contributed by atoms with Gasteiger partial charge in [-0.15, -0.1) is 0 Å². The first-order valence-corrected chi connectivity index (χ1v) is 4.60. The van der Waals surface area contributed by atoms with E-state index >= 15 is 0 Å². The minimum Gasteiger partial charge on any atom is -0.370 e. The molecule has 2 N–H and O–H groups in total. The van der Waals surface area contributed by atoms with Gasteiger partial charge in [0, 0.05) is 19.7 Å². The summed E-state index contributed by atoms with van der Waals surface area (Å²) in [6, 6.07) is 1.98. The summed E-state index contributed by atoms with van der Waals surface area (Å²) in [5.74, 6) is 1.70. The Balaban J connectivity index is 2.30. The van der Waals surface area contributed by atoms with E-state index in [1.165, 1.54) is 0 Å². The zero-order valence-electron chi connectivity index (χ0n) is 8.54. The molecule has 74 valence electrons. The van der Waals surface area contributed by atoms with Gasteiger partial charge in [0.2, 0.25) is 0 Å². The minimum absolute atomic E-state index is 0.625. The molecule has 4 nitrogen and oxygen atoms in total. The van der Waals surface area contributed by atoms with Crippen LogP contribution >= 0.6 is 0 Å². The zero-order chi connectivity index (χ0) is 9.68. The van der Waals surface area contributed by atoms with Gasteiger partial charge >= 0.3 is 0 Å². The van der Waals surface area contributed by atoms with Gasteiger partial charge in [0.25, 0.3) is 0 Å². The SMILES string of the molecule is CNCC(C)CNc1ccnn1C. The monoisotopic (exact) mass is 182 g/mol. The summed E-state index contributed by atoms with van der Waals surface area (Å²) in [6.07, 6.45) is 1.80. The molecule has 0 aromatic carbocycles. The minimum atomic E-state index is 0.625. The molecule has 1 rings (SSSR count). The zero-order valence-corrected chi connectivity index (χ0v) is 8.54. The van der Waals surface area contributed by atoms with Crippen molar-refractivity contribution in [3.05, 3.63) is 12.3 Å². The van der Waals surface area contributed by atoms with Crippen molar-refractivity contribution in [1.82, 2.24) is 15.1 Å². The van der Waals surface area contributed by atoms with Gasteiger partial charge in [-0.25, -0.2) is 0 Å². The number of aryl methyl sites for hydroxylation is 1. The summed E-state index contributed by atoms with van der Waals surface area (Å²) < 4.78 is 1.84. The molecule has 0 radical (unpaired) electrons. The van der Waals surface area contributed by atoms with Gasteiger partial charge in [0.1, 0.15) is 5.82 Å². The topological polar surface area (TPSA) is 41.9 Å². The molecule has 0 aliphatic rings. The first kappa shape index (κ1) is 10.1. The Hall–Kier alpha value is -1.03. The lowest BCUT2D eigenvalue weighted by atomic mass is 10.2. The van der Waals surface area contributed by atoms with Crippen molar-refractivity contribution in [1.29, 1.82) is 0 Å². The summed E-state index contributed by atoms with van der Waals surface area (Å²) in [7, 11) is 3.91. The summed E-state index contributed by atoms with van der Waals surface area (Å²) in [6.45, 7) is 4.21. The number of hydrogen-bond acceptors (Lipinski definition) is 3. The van der Waals surface area contributed by atoms with Crippen LogP contribution in [0.25, 0.3) is 0 Å². The fraction of sp³-hybridized carbons (Fsp3) is 0.667. The van der Waals surface area contributed by atoms with Crippen LogP contribution in [-0.2, 0) is 7.05 Å². The van der Waals surface area contributed by atoms with E-state index in [-0.39, 0.29) is 0 Å². The van der Waals surface area contributed by atoms with Crippen LogP contribution in [0.1, 0.15) is 6.92 Å². The van der Waals surface area contributed by atoms with E-state index in [1.54, 1.807) is 6.20 Å². The first-order chi connectivity index (χ1) is 6.24. The summed E-state index contributed by atoms with van der Waals surface area (Å²) in [5.41, 5.74) is 0. The van der Waals surface area contributed by atoms with Crippen molar-refractivity contribution in [2.24, 2.45) is 13.0 Å². The number of rotatable bonds is 5. The average molecular weight is 182 g/mol. The molecule has 1 heterocycles. The Kier molecular flexibility index (Phi) is 3.76. The molecule has 0 saturated carbocycles. The molecule has 1 aromatic rings. The van der Waals surface area contributed by atoms with Gasteiger partial charge in [-0.3, -0.25) is 4.68 Å². The highest BCUT2D eigenvalue weighted by Gasteiger charge is 2.01. The molecule has 1 unspecified atom stereocenters. The summed E-state index contributed by atoms with van der Waals surface area (Å²) in [5, 5.41) is 10.6. The van der Waals surface area contributed by atoms with Crippen molar-refractivity contribution >= 4 is 5.82 Å². The quantitative estimate of drug-likeness (QED) is 0.704. The van der Waals surface area contributed by atoms with E-state index < -0.39 is 0 Å². The van der Waals surface area contributed by atoms with Crippen molar-refractivity contribution < 1.29 is 0 Å². The van der Waals surface area contributed by atoms with Gasteiger partial charge in [0.15, 0.2) is 0 Å². The molecule has 1 atom stereocenters. The summed E-state index contributed by atoms with van der Waals surface area (Å²) in [4.78, 5) is 0. The fourth-order valence-corrected chi connectivity index (χ4v) is 1.25. The normalized spacial score (nSPS) is 12.8. The highest BCUT2D eigenvalue weighted by molar-refractivity contribution is 5.33. The third-order valence-corrected chi connectivity index (χ3v) is 2.01. The molecule has 0 aliphatic heterocycles. The second kappa shape index (κ2) is 4.87. The Morgan fingerprint density at radius 3 is 2.85 bits per heavy atom. The van der Waals surface area contributed by atoms with Gasteiger partial charge in [-0.05, 0) is 19.5 Å². The molecule has 0 fully saturated rings. The predicted octanol–water partition coefficient (Wildman–Crippen LogP) is 0.687. The number of nitrogens with zero attached hydrogens (tertiary/aromatic N) is 2. The molecule has 0 saturated heterocycles. The van der Waals surface area contributed by atoms with Gasteiger partial charge < -0.3 is 10.6 Å². The van der Waals surface area contributed by atoms with E-state index in [2.05, 4.69) is 22.7 Å². The maximum absolute atomic E-state index is 4.08. The molecular weight excluding hydrogens is 164 g/mol. The van der Waals surface area contributed by atoms with Crippen LogP contribution in [0.4, 0.5) is 5.82 Å². The van der Waals surface area contributed by atoms with Crippen LogP contribution < -0.4 is 10.6 Å². The number of nitrogens with one attached hydrogen (secondary N) is 2. The lowest BCUT2D eigenvalue weighted by Crippen LogP contribution is -2.23. The van der Waals surface area contributed by atoms with E-state index in [9.17, 15) is 0 Å². The molecule has 13 heavy (non-hydrogen) atoms. The van der Waals surface area contributed by atoms with Gasteiger partial charge in [0.05, 0.1) is 6.20 Å². The van der Waals surface area contributed by atoms with Crippen LogP contribution in [0.2, 0.25) is 0 Å². The third kappa shape index (κ3) is 3.06. The Morgan fingerprint density at radius 1 is 1.54 bits per heavy atom. The van der Waals surface area contributed by atoms with Crippen LogP contribution in [0.15, 0.2) is 12.3 Å². The van der Waals surface area contributed by atoms with Crippen LogP contribution in [-0.4, -0.2) is 29.9 Å². The van der Waals surface area contributed by atoms with Crippen molar-refractivity contribution in [2.45, 2.75) is 6.92 Å². The Labute approximate surface area is 79.3 Å². The largest absolute Gasteiger partial charge is 0.370 e. The van der Waals surface area contributed by atoms with Crippen molar-refractivity contribution in [2.75, 3.05) is 25.5 Å². The molecule has 4 heteroatoms. The Morgan fingerprint density at radius 2 is 2.31 bits per heavy atom. The van der Waals surface area contributed by atoms with E-state index in [0.29, 0.717) is 5.92 Å². The van der Waals surface area contributed by atoms with Gasteiger partial charge in [-0.2, -0.15) is 5.10 Å². The lowest BCUT2D eigenvalue weighted by Gasteiger charge is -2.12. The first-order valence-electron chi connectivity index (χ1n) is 4.60. The fourth-order valence-electron chi connectivity index (χ4n) is 1.25. The van der Waals surface area contributed by atoms with Crippen molar-refractivity contribution in [3.8, 4) is 0 Å². The highest BCUT2D eigenvalue weighted by atomic mass is 15.3. The second-order valence-corrected chi connectivity index (χ2v) is 3.38. The standard InChI is InChI=1S/C9H18N4/c1-8(6-10-2)7-11-9-4-5-12-13(9)3/h4-5,8,10-11H,6-7H2,1-3H3. The van der Waals surface area contributed by atoms with Crippen molar-refractivity contribution in [3.63, 3.8) is 0 Å². The highest BCUT2D eigenvalue weighted by Crippen LogP contribution is 2.04. The van der Waals surface area contributed by atoms with E-state index in [0.717, 1.165) is 18.9 Å². The predicted molar refractivity (Wildman–Crippen MR) is 54.8 cm³/mol. The lowest BCUT2D eigenvalue weighted by molar-refractivity contribution is 0.566. The number of hydrogen-bond donors (Lipinski definition) is 2. The Bertz CT molecular complexity index is 244. The summed E-state index contributed by atoms with van der Waals surface area (Å²) >= 11 is 0. The molecule has 1 aromatic heterocycles. The van der Waals surface area contributed by atoms with E-state index in [4.69, 9.17) is 0 Å². The van der Waals surface area contributed by atoms with Crippen LogP contribution in [0.3, 0.4) is 0 Å². The van der Waals surface area contributed by atoms with E-state index in [1.807, 2.05) is 24.8 Å². The molecular formula is C9H18N4. The van der Waals surface area contributed by atoms with Crippen LogP contribution in [0.5, 0.6) is 0 Å².